The third kappa shape index (κ3) is 1.62. The number of nitriles is 1. The fourth-order valence-electron chi connectivity index (χ4n) is 2.37. The number of anilines is 1. The van der Waals surface area contributed by atoms with Gasteiger partial charge in [0.25, 0.3) is 0 Å². The molecule has 0 spiro atoms. The largest absolute Gasteiger partial charge is 0.373 e. The maximum absolute atomic E-state index is 9.40. The van der Waals surface area contributed by atoms with Crippen LogP contribution < -0.4 is 5.32 Å². The van der Waals surface area contributed by atoms with Gasteiger partial charge >= 0.3 is 0 Å². The molecule has 1 aromatic carbocycles. The van der Waals surface area contributed by atoms with Crippen molar-refractivity contribution in [3.8, 4) is 6.07 Å². The molecule has 2 aromatic heterocycles. The van der Waals surface area contributed by atoms with Gasteiger partial charge in [0.1, 0.15) is 23.0 Å². The zero-order chi connectivity index (χ0) is 14.1. The van der Waals surface area contributed by atoms with E-state index in [9.17, 15) is 5.26 Å². The van der Waals surface area contributed by atoms with Crippen LogP contribution >= 0.6 is 0 Å². The highest BCUT2D eigenvalue weighted by Gasteiger charge is 2.18. The van der Waals surface area contributed by atoms with E-state index in [-0.39, 0.29) is 0 Å². The highest BCUT2D eigenvalue weighted by Crippen LogP contribution is 2.28. The first-order chi connectivity index (χ1) is 9.80. The quantitative estimate of drug-likeness (QED) is 0.738. The molecule has 3 aromatic rings. The molecule has 5 heteroatoms. The second-order valence-corrected chi connectivity index (χ2v) is 4.37. The molecule has 0 amide bonds. The van der Waals surface area contributed by atoms with Crippen molar-refractivity contribution in [2.24, 2.45) is 0 Å². The number of rotatable bonds is 3. The van der Waals surface area contributed by atoms with Crippen molar-refractivity contribution in [3.63, 3.8) is 0 Å². The van der Waals surface area contributed by atoms with E-state index in [2.05, 4.69) is 27.9 Å². The molecule has 0 aliphatic rings. The number of allylic oxidation sites excluding steroid dienone is 1. The molecule has 0 bridgehead atoms. The van der Waals surface area contributed by atoms with Gasteiger partial charge in [-0.1, -0.05) is 18.2 Å². The smallest absolute Gasteiger partial charge is 0.162 e. The number of benzene rings is 1. The number of para-hydroxylation sites is 2. The third-order valence-corrected chi connectivity index (χ3v) is 3.21. The van der Waals surface area contributed by atoms with Gasteiger partial charge in [-0.2, -0.15) is 5.26 Å². The lowest BCUT2D eigenvalue weighted by Crippen LogP contribution is -2.03. The number of aromatic nitrogens is 3. The zero-order valence-corrected chi connectivity index (χ0v) is 11.1. The van der Waals surface area contributed by atoms with E-state index in [1.54, 1.807) is 13.1 Å². The van der Waals surface area contributed by atoms with Gasteiger partial charge in [0.2, 0.25) is 0 Å². The van der Waals surface area contributed by atoms with Crippen LogP contribution in [0.1, 0.15) is 5.56 Å². The van der Waals surface area contributed by atoms with E-state index in [1.165, 1.54) is 0 Å². The summed E-state index contributed by atoms with van der Waals surface area (Å²) < 4.78 is 1.92. The molecule has 0 aliphatic heterocycles. The van der Waals surface area contributed by atoms with E-state index < -0.39 is 0 Å². The van der Waals surface area contributed by atoms with Crippen LogP contribution in [0.4, 0.5) is 5.82 Å². The van der Waals surface area contributed by atoms with Crippen LogP contribution in [0.3, 0.4) is 0 Å². The topological polar surface area (TPSA) is 66.5 Å². The van der Waals surface area contributed by atoms with E-state index in [4.69, 9.17) is 0 Å². The van der Waals surface area contributed by atoms with Crippen molar-refractivity contribution >= 4 is 28.0 Å². The molecule has 0 unspecified atom stereocenters. The first kappa shape index (κ1) is 12.2. The van der Waals surface area contributed by atoms with Crippen molar-refractivity contribution < 1.29 is 0 Å². The molecule has 3 rings (SSSR count). The molecule has 0 atom stereocenters. The van der Waals surface area contributed by atoms with Crippen molar-refractivity contribution in [2.75, 3.05) is 12.4 Å². The Morgan fingerprint density at radius 1 is 1.35 bits per heavy atom. The van der Waals surface area contributed by atoms with Crippen LogP contribution in [0.15, 0.2) is 36.9 Å². The SMILES string of the molecule is C=CCn1c(NC)c(C#N)c2nc3ccccc3nc21. The molecule has 1 N–H and O–H groups in total. The summed E-state index contributed by atoms with van der Waals surface area (Å²) in [5.41, 5.74) is 3.44. The molecule has 0 saturated heterocycles. The van der Waals surface area contributed by atoms with Crippen LogP contribution in [-0.2, 0) is 6.54 Å². The number of hydrogen-bond donors (Lipinski definition) is 1. The van der Waals surface area contributed by atoms with Crippen LogP contribution in [0.2, 0.25) is 0 Å². The Kier molecular flexibility index (Phi) is 2.84. The highest BCUT2D eigenvalue weighted by molar-refractivity contribution is 5.92. The van der Waals surface area contributed by atoms with Gasteiger partial charge in [-0.15, -0.1) is 6.58 Å². The number of hydrogen-bond acceptors (Lipinski definition) is 4. The predicted molar refractivity (Wildman–Crippen MR) is 79.5 cm³/mol. The van der Waals surface area contributed by atoms with Crippen molar-refractivity contribution in [1.29, 1.82) is 5.26 Å². The van der Waals surface area contributed by atoms with Gasteiger partial charge < -0.3 is 9.88 Å². The summed E-state index contributed by atoms with van der Waals surface area (Å²) in [5.74, 6) is 0.720. The Bertz CT molecular complexity index is 854. The summed E-state index contributed by atoms with van der Waals surface area (Å²) in [5, 5.41) is 12.5. The second-order valence-electron chi connectivity index (χ2n) is 4.37. The summed E-state index contributed by atoms with van der Waals surface area (Å²) in [4.78, 5) is 9.21. The normalized spacial score (nSPS) is 10.6. The maximum atomic E-state index is 9.40. The summed E-state index contributed by atoms with van der Waals surface area (Å²) in [6.07, 6.45) is 1.78. The molecule has 0 aliphatic carbocycles. The fourth-order valence-corrected chi connectivity index (χ4v) is 2.37. The molecule has 0 radical (unpaired) electrons. The minimum absolute atomic E-state index is 0.516. The monoisotopic (exact) mass is 263 g/mol. The lowest BCUT2D eigenvalue weighted by molar-refractivity contribution is 0.858. The van der Waals surface area contributed by atoms with Crippen molar-refractivity contribution in [2.45, 2.75) is 6.54 Å². The van der Waals surface area contributed by atoms with E-state index >= 15 is 0 Å². The highest BCUT2D eigenvalue weighted by atomic mass is 15.2. The Labute approximate surface area is 116 Å². The van der Waals surface area contributed by atoms with Gasteiger partial charge in [-0.3, -0.25) is 0 Å². The molecule has 2 heterocycles. The Hall–Kier alpha value is -2.87. The number of nitrogens with one attached hydrogen (secondary N) is 1. The first-order valence-corrected chi connectivity index (χ1v) is 6.28. The summed E-state index contributed by atoms with van der Waals surface area (Å²) in [6.45, 7) is 4.33. The molecular weight excluding hydrogens is 250 g/mol. The maximum Gasteiger partial charge on any atom is 0.162 e. The molecule has 5 nitrogen and oxygen atoms in total. The minimum Gasteiger partial charge on any atom is -0.373 e. The van der Waals surface area contributed by atoms with Crippen molar-refractivity contribution in [3.05, 3.63) is 42.5 Å². The number of fused-ring (bicyclic) bond motifs is 2. The summed E-state index contributed by atoms with van der Waals surface area (Å²) in [7, 11) is 1.79. The third-order valence-electron chi connectivity index (χ3n) is 3.21. The van der Waals surface area contributed by atoms with Gasteiger partial charge in [0, 0.05) is 13.6 Å². The van der Waals surface area contributed by atoms with Crippen molar-refractivity contribution in [1.82, 2.24) is 14.5 Å². The van der Waals surface area contributed by atoms with Gasteiger partial charge in [-0.25, -0.2) is 9.97 Å². The van der Waals surface area contributed by atoms with E-state index in [0.29, 0.717) is 23.3 Å². The Morgan fingerprint density at radius 3 is 2.65 bits per heavy atom. The molecule has 20 heavy (non-hydrogen) atoms. The fraction of sp³-hybridized carbons (Fsp3) is 0.133. The molecule has 0 saturated carbocycles. The molecular formula is C15H13N5. The zero-order valence-electron chi connectivity index (χ0n) is 11.1. The average Bonchev–Trinajstić information content (AvgIpc) is 2.77. The summed E-state index contributed by atoms with van der Waals surface area (Å²) in [6, 6.07) is 9.86. The molecule has 98 valence electrons. The van der Waals surface area contributed by atoms with Gasteiger partial charge in [0.15, 0.2) is 5.65 Å². The minimum atomic E-state index is 0.516. The van der Waals surface area contributed by atoms with Gasteiger partial charge in [-0.05, 0) is 12.1 Å². The lowest BCUT2D eigenvalue weighted by atomic mass is 10.2. The second kappa shape index (κ2) is 4.67. The Morgan fingerprint density at radius 2 is 2.05 bits per heavy atom. The predicted octanol–water partition coefficient (Wildman–Crippen LogP) is 2.68. The first-order valence-electron chi connectivity index (χ1n) is 6.28. The average molecular weight is 263 g/mol. The van der Waals surface area contributed by atoms with Crippen LogP contribution in [0, 0.1) is 11.3 Å². The lowest BCUT2D eigenvalue weighted by Gasteiger charge is -2.06. The summed E-state index contributed by atoms with van der Waals surface area (Å²) >= 11 is 0. The standard InChI is InChI=1S/C15H13N5/c1-3-8-20-14(17-2)10(9-16)13-15(20)19-12-7-5-4-6-11(12)18-13/h3-7,17H,1,8H2,2H3. The van der Waals surface area contributed by atoms with E-state index in [0.717, 1.165) is 16.9 Å². The van der Waals surface area contributed by atoms with Crippen LogP contribution in [-0.4, -0.2) is 21.6 Å². The number of nitrogens with zero attached hydrogens (tertiary/aromatic N) is 4. The van der Waals surface area contributed by atoms with E-state index in [1.807, 2.05) is 28.8 Å². The Balaban J connectivity index is 2.48. The molecule has 0 fully saturated rings. The van der Waals surface area contributed by atoms with Crippen LogP contribution in [0.25, 0.3) is 22.2 Å². The van der Waals surface area contributed by atoms with Gasteiger partial charge in [0.05, 0.1) is 11.0 Å². The van der Waals surface area contributed by atoms with Crippen LogP contribution in [0.5, 0.6) is 0 Å².